The minimum Gasteiger partial charge on any atom is -0.322 e. The predicted octanol–water partition coefficient (Wildman–Crippen LogP) is 3.02. The normalized spacial score (nSPS) is 11.1. The monoisotopic (exact) mass is 344 g/mol. The van der Waals surface area contributed by atoms with Crippen LogP contribution in [-0.2, 0) is 10.0 Å². The summed E-state index contributed by atoms with van der Waals surface area (Å²) in [6.07, 6.45) is 1.45. The lowest BCUT2D eigenvalue weighted by Crippen LogP contribution is -2.24. The number of sulfonamides is 1. The first-order valence-corrected chi connectivity index (χ1v) is 8.91. The van der Waals surface area contributed by atoms with E-state index in [0.29, 0.717) is 5.69 Å². The smallest absolute Gasteiger partial charge is 0.255 e. The second-order valence-corrected chi connectivity index (χ2v) is 7.21. The van der Waals surface area contributed by atoms with E-state index in [2.05, 4.69) is 16.6 Å². The summed E-state index contributed by atoms with van der Waals surface area (Å²) in [5.74, 6) is -0.359. The van der Waals surface area contributed by atoms with Crippen molar-refractivity contribution in [3.63, 3.8) is 0 Å². The van der Waals surface area contributed by atoms with Crippen molar-refractivity contribution >= 4 is 21.6 Å². The fraction of sp³-hybridized carbons (Fsp3) is 0.167. The van der Waals surface area contributed by atoms with Gasteiger partial charge in [-0.25, -0.2) is 13.1 Å². The Labute approximate surface area is 142 Å². The molecule has 126 valence electrons. The number of aryl methyl sites for hydroxylation is 2. The lowest BCUT2D eigenvalue weighted by molar-refractivity contribution is 0.102. The fourth-order valence-electron chi connectivity index (χ4n) is 2.20. The maximum atomic E-state index is 12.4. The van der Waals surface area contributed by atoms with Crippen LogP contribution in [0.1, 0.15) is 21.5 Å². The number of rotatable bonds is 6. The first-order chi connectivity index (χ1) is 11.3. The van der Waals surface area contributed by atoms with Crippen molar-refractivity contribution in [2.45, 2.75) is 18.7 Å². The number of benzene rings is 2. The summed E-state index contributed by atoms with van der Waals surface area (Å²) >= 11 is 0. The van der Waals surface area contributed by atoms with Crippen LogP contribution in [0.4, 0.5) is 5.69 Å². The highest BCUT2D eigenvalue weighted by Crippen LogP contribution is 2.18. The third-order valence-electron chi connectivity index (χ3n) is 3.45. The van der Waals surface area contributed by atoms with Crippen LogP contribution in [-0.4, -0.2) is 20.9 Å². The number of nitrogens with one attached hydrogen (secondary N) is 2. The molecule has 2 aromatic carbocycles. The van der Waals surface area contributed by atoms with E-state index in [-0.39, 0.29) is 22.9 Å². The van der Waals surface area contributed by atoms with Crippen molar-refractivity contribution in [2.24, 2.45) is 0 Å². The molecular formula is C18H20N2O3S. The molecule has 0 aromatic heterocycles. The molecule has 0 unspecified atom stereocenters. The van der Waals surface area contributed by atoms with E-state index in [1.165, 1.54) is 18.2 Å². The zero-order valence-electron chi connectivity index (χ0n) is 13.7. The molecule has 1 amide bonds. The summed E-state index contributed by atoms with van der Waals surface area (Å²) in [7, 11) is -3.67. The molecule has 2 aromatic rings. The van der Waals surface area contributed by atoms with Gasteiger partial charge in [0, 0.05) is 17.8 Å². The number of anilines is 1. The molecule has 0 saturated carbocycles. The fourth-order valence-corrected chi connectivity index (χ4v) is 3.25. The molecule has 6 heteroatoms. The molecule has 0 radical (unpaired) electrons. The standard InChI is InChI=1S/C18H20N2O3S/c1-4-10-19-24(22,23)16-7-5-6-15(12-16)18(21)20-17-9-8-13(2)11-14(17)3/h4-9,11-12,19H,1,10H2,2-3H3,(H,20,21). The first-order valence-electron chi connectivity index (χ1n) is 7.43. The molecule has 0 heterocycles. The second kappa shape index (κ2) is 7.42. The van der Waals surface area contributed by atoms with Crippen LogP contribution in [0.3, 0.4) is 0 Å². The van der Waals surface area contributed by atoms with Gasteiger partial charge in [0.1, 0.15) is 0 Å². The SMILES string of the molecule is C=CCNS(=O)(=O)c1cccc(C(=O)Nc2ccc(C)cc2C)c1. The average Bonchev–Trinajstić information content (AvgIpc) is 2.55. The number of carbonyl (C=O) groups is 1. The summed E-state index contributed by atoms with van der Waals surface area (Å²) in [6.45, 7) is 7.48. The van der Waals surface area contributed by atoms with E-state index < -0.39 is 10.0 Å². The van der Waals surface area contributed by atoms with Crippen LogP contribution in [0, 0.1) is 13.8 Å². The summed E-state index contributed by atoms with van der Waals surface area (Å²) in [4.78, 5) is 12.4. The zero-order chi connectivity index (χ0) is 17.7. The average molecular weight is 344 g/mol. The first kappa shape index (κ1) is 17.9. The van der Waals surface area contributed by atoms with Gasteiger partial charge in [-0.3, -0.25) is 4.79 Å². The van der Waals surface area contributed by atoms with Crippen molar-refractivity contribution in [3.05, 3.63) is 71.8 Å². The lowest BCUT2D eigenvalue weighted by atomic mass is 10.1. The van der Waals surface area contributed by atoms with Gasteiger partial charge in [0.2, 0.25) is 10.0 Å². The lowest BCUT2D eigenvalue weighted by Gasteiger charge is -2.10. The Morgan fingerprint density at radius 3 is 2.58 bits per heavy atom. The highest BCUT2D eigenvalue weighted by molar-refractivity contribution is 7.89. The number of amides is 1. The summed E-state index contributed by atoms with van der Waals surface area (Å²) in [6, 6.07) is 11.6. The molecule has 0 aliphatic heterocycles. The van der Waals surface area contributed by atoms with Crippen LogP contribution in [0.25, 0.3) is 0 Å². The Hall–Kier alpha value is -2.44. The van der Waals surface area contributed by atoms with Crippen LogP contribution < -0.4 is 10.0 Å². The Morgan fingerprint density at radius 2 is 1.92 bits per heavy atom. The Morgan fingerprint density at radius 1 is 1.17 bits per heavy atom. The molecule has 24 heavy (non-hydrogen) atoms. The molecule has 5 nitrogen and oxygen atoms in total. The minimum absolute atomic E-state index is 0.0395. The van der Waals surface area contributed by atoms with Gasteiger partial charge < -0.3 is 5.32 Å². The number of hydrogen-bond donors (Lipinski definition) is 2. The van der Waals surface area contributed by atoms with Gasteiger partial charge in [0.15, 0.2) is 0 Å². The summed E-state index contributed by atoms with van der Waals surface area (Å²) in [5, 5.41) is 2.81. The van der Waals surface area contributed by atoms with Crippen molar-refractivity contribution in [1.29, 1.82) is 0 Å². The Kier molecular flexibility index (Phi) is 5.54. The van der Waals surface area contributed by atoms with Crippen LogP contribution in [0.15, 0.2) is 60.0 Å². The van der Waals surface area contributed by atoms with E-state index in [0.717, 1.165) is 11.1 Å². The molecule has 0 atom stereocenters. The molecule has 0 spiro atoms. The van der Waals surface area contributed by atoms with Crippen LogP contribution in [0.2, 0.25) is 0 Å². The highest BCUT2D eigenvalue weighted by atomic mass is 32.2. The second-order valence-electron chi connectivity index (χ2n) is 5.44. The molecule has 2 rings (SSSR count). The maximum Gasteiger partial charge on any atom is 0.255 e. The van der Waals surface area contributed by atoms with Gasteiger partial charge in [-0.1, -0.05) is 29.8 Å². The van der Waals surface area contributed by atoms with Gasteiger partial charge >= 0.3 is 0 Å². The van der Waals surface area contributed by atoms with E-state index in [4.69, 9.17) is 0 Å². The maximum absolute atomic E-state index is 12.4. The van der Waals surface area contributed by atoms with E-state index in [1.54, 1.807) is 12.1 Å². The third kappa shape index (κ3) is 4.31. The third-order valence-corrected chi connectivity index (χ3v) is 4.88. The zero-order valence-corrected chi connectivity index (χ0v) is 14.5. The largest absolute Gasteiger partial charge is 0.322 e. The van der Waals surface area contributed by atoms with E-state index in [1.807, 2.05) is 32.0 Å². The molecule has 0 aliphatic carbocycles. The van der Waals surface area contributed by atoms with Crippen LogP contribution >= 0.6 is 0 Å². The topological polar surface area (TPSA) is 75.3 Å². The van der Waals surface area contributed by atoms with Gasteiger partial charge in [0.05, 0.1) is 4.90 Å². The van der Waals surface area contributed by atoms with Crippen molar-refractivity contribution in [3.8, 4) is 0 Å². The Bertz CT molecular complexity index is 874. The predicted molar refractivity (Wildman–Crippen MR) is 95.7 cm³/mol. The van der Waals surface area contributed by atoms with Crippen LogP contribution in [0.5, 0.6) is 0 Å². The van der Waals surface area contributed by atoms with Crippen molar-refractivity contribution < 1.29 is 13.2 Å². The van der Waals surface area contributed by atoms with E-state index >= 15 is 0 Å². The minimum atomic E-state index is -3.67. The Balaban J connectivity index is 2.24. The van der Waals surface area contributed by atoms with E-state index in [9.17, 15) is 13.2 Å². The van der Waals surface area contributed by atoms with Gasteiger partial charge in [-0.15, -0.1) is 6.58 Å². The number of hydrogen-bond acceptors (Lipinski definition) is 3. The summed E-state index contributed by atoms with van der Waals surface area (Å²) in [5.41, 5.74) is 3.02. The molecule has 0 bridgehead atoms. The highest BCUT2D eigenvalue weighted by Gasteiger charge is 2.15. The number of carbonyl (C=O) groups excluding carboxylic acids is 1. The molecule has 2 N–H and O–H groups in total. The molecule has 0 aliphatic rings. The van der Waals surface area contributed by atoms with Gasteiger partial charge in [-0.2, -0.15) is 0 Å². The van der Waals surface area contributed by atoms with Gasteiger partial charge in [-0.05, 0) is 43.7 Å². The molecule has 0 fully saturated rings. The quantitative estimate of drug-likeness (QED) is 0.791. The van der Waals surface area contributed by atoms with Gasteiger partial charge in [0.25, 0.3) is 5.91 Å². The van der Waals surface area contributed by atoms with Crippen molar-refractivity contribution in [1.82, 2.24) is 4.72 Å². The van der Waals surface area contributed by atoms with Crippen molar-refractivity contribution in [2.75, 3.05) is 11.9 Å². The molecular weight excluding hydrogens is 324 g/mol. The summed E-state index contributed by atoms with van der Waals surface area (Å²) < 4.78 is 26.6. The molecule has 0 saturated heterocycles.